The molecule has 1 aromatic heterocycles. The Labute approximate surface area is 121 Å². The molecule has 18 heavy (non-hydrogen) atoms. The minimum Gasteiger partial charge on any atom is -0.343 e. The molecule has 0 saturated carbocycles. The summed E-state index contributed by atoms with van der Waals surface area (Å²) in [4.78, 5) is 13.7. The Morgan fingerprint density at radius 2 is 2.22 bits per heavy atom. The molecule has 0 aliphatic carbocycles. The van der Waals surface area contributed by atoms with Crippen molar-refractivity contribution in [3.05, 3.63) is 16.9 Å². The number of hydrogen-bond acceptors (Lipinski definition) is 3. The van der Waals surface area contributed by atoms with Crippen molar-refractivity contribution in [3.8, 4) is 0 Å². The van der Waals surface area contributed by atoms with E-state index < -0.39 is 0 Å². The Kier molecular flexibility index (Phi) is 5.12. The van der Waals surface area contributed by atoms with Crippen LogP contribution in [0.15, 0.2) is 16.9 Å². The molecule has 0 bridgehead atoms. The molecule has 2 rings (SSSR count). The van der Waals surface area contributed by atoms with E-state index in [0.717, 1.165) is 36.9 Å². The molecule has 0 spiro atoms. The number of aromatic nitrogens is 2. The molecular weight excluding hydrogens is 314 g/mol. The van der Waals surface area contributed by atoms with Crippen LogP contribution in [0.4, 0.5) is 0 Å². The monoisotopic (exact) mass is 331 g/mol. The molecule has 0 aromatic carbocycles. The van der Waals surface area contributed by atoms with Gasteiger partial charge in [-0.2, -0.15) is 17.7 Å². The van der Waals surface area contributed by atoms with Gasteiger partial charge >= 0.3 is 0 Å². The second-order valence-electron chi connectivity index (χ2n) is 4.68. The van der Waals surface area contributed by atoms with E-state index in [0.29, 0.717) is 18.1 Å². The Morgan fingerprint density at radius 1 is 1.50 bits per heavy atom. The lowest BCUT2D eigenvalue weighted by molar-refractivity contribution is -0.132. The van der Waals surface area contributed by atoms with Crippen LogP contribution < -0.4 is 0 Å². The van der Waals surface area contributed by atoms with Crippen LogP contribution in [0.3, 0.4) is 0 Å². The van der Waals surface area contributed by atoms with Crippen LogP contribution in [-0.2, 0) is 11.3 Å². The molecule has 0 radical (unpaired) electrons. The largest absolute Gasteiger partial charge is 0.343 e. The number of rotatable bonds is 4. The van der Waals surface area contributed by atoms with Gasteiger partial charge in [-0.3, -0.25) is 9.48 Å². The third kappa shape index (κ3) is 3.75. The highest BCUT2D eigenvalue weighted by atomic mass is 79.9. The summed E-state index contributed by atoms with van der Waals surface area (Å²) >= 11 is 7.50. The summed E-state index contributed by atoms with van der Waals surface area (Å²) in [6.45, 7) is 2.69. The van der Waals surface area contributed by atoms with Crippen molar-refractivity contribution in [1.29, 1.82) is 0 Å². The quantitative estimate of drug-likeness (QED) is 0.859. The van der Waals surface area contributed by atoms with E-state index in [4.69, 9.17) is 0 Å². The molecule has 1 aliphatic rings. The highest BCUT2D eigenvalue weighted by Crippen LogP contribution is 2.20. The van der Waals surface area contributed by atoms with E-state index in [1.807, 2.05) is 22.0 Å². The Hall–Kier alpha value is -0.490. The fourth-order valence-corrected chi connectivity index (χ4v) is 2.84. The Bertz CT molecular complexity index is 402. The lowest BCUT2D eigenvalue weighted by Gasteiger charge is -2.32. The predicted molar refractivity (Wildman–Crippen MR) is 77.7 cm³/mol. The van der Waals surface area contributed by atoms with Crippen molar-refractivity contribution < 1.29 is 4.79 Å². The smallest absolute Gasteiger partial charge is 0.223 e. The summed E-state index contributed by atoms with van der Waals surface area (Å²) in [5.41, 5.74) is 0. The predicted octanol–water partition coefficient (Wildman–Crippen LogP) is 2.20. The molecule has 1 aliphatic heterocycles. The summed E-state index contributed by atoms with van der Waals surface area (Å²) < 4.78 is 2.99. The van der Waals surface area contributed by atoms with Crippen LogP contribution in [0.25, 0.3) is 0 Å². The maximum Gasteiger partial charge on any atom is 0.223 e. The Balaban J connectivity index is 1.78. The van der Waals surface area contributed by atoms with Gasteiger partial charge in [0.25, 0.3) is 0 Å². The maximum absolute atomic E-state index is 11.7. The SMILES string of the molecule is O=C(CCS)N1CCC(Cn2cc(Br)cn2)CC1. The van der Waals surface area contributed by atoms with Crippen LogP contribution in [0, 0.1) is 5.92 Å². The molecular formula is C12H18BrN3OS. The highest BCUT2D eigenvalue weighted by molar-refractivity contribution is 9.10. The third-order valence-corrected chi connectivity index (χ3v) is 3.97. The second kappa shape index (κ2) is 6.61. The van der Waals surface area contributed by atoms with Crippen molar-refractivity contribution in [3.63, 3.8) is 0 Å². The van der Waals surface area contributed by atoms with Gasteiger partial charge in [-0.15, -0.1) is 0 Å². The average molecular weight is 332 g/mol. The molecule has 1 fully saturated rings. The van der Waals surface area contributed by atoms with Crippen molar-refractivity contribution in [1.82, 2.24) is 14.7 Å². The van der Waals surface area contributed by atoms with Gasteiger partial charge < -0.3 is 4.90 Å². The van der Waals surface area contributed by atoms with E-state index in [1.54, 1.807) is 0 Å². The minimum atomic E-state index is 0.241. The topological polar surface area (TPSA) is 38.1 Å². The molecule has 6 heteroatoms. The van der Waals surface area contributed by atoms with Crippen molar-refractivity contribution in [2.24, 2.45) is 5.92 Å². The molecule has 1 aromatic rings. The van der Waals surface area contributed by atoms with E-state index >= 15 is 0 Å². The van der Waals surface area contributed by atoms with Crippen LogP contribution in [0.2, 0.25) is 0 Å². The normalized spacial score (nSPS) is 17.1. The zero-order chi connectivity index (χ0) is 13.0. The molecule has 1 saturated heterocycles. The van der Waals surface area contributed by atoms with Gasteiger partial charge in [0.2, 0.25) is 5.91 Å². The number of amides is 1. The maximum atomic E-state index is 11.7. The molecule has 0 unspecified atom stereocenters. The van der Waals surface area contributed by atoms with Gasteiger partial charge in [0, 0.05) is 32.3 Å². The molecule has 100 valence electrons. The highest BCUT2D eigenvalue weighted by Gasteiger charge is 2.22. The zero-order valence-electron chi connectivity index (χ0n) is 10.3. The fraction of sp³-hybridized carbons (Fsp3) is 0.667. The molecule has 2 heterocycles. The number of carbonyl (C=O) groups excluding carboxylic acids is 1. The van der Waals surface area contributed by atoms with Crippen LogP contribution in [0.1, 0.15) is 19.3 Å². The van der Waals surface area contributed by atoms with E-state index in [9.17, 15) is 4.79 Å². The van der Waals surface area contributed by atoms with E-state index in [2.05, 4.69) is 33.7 Å². The number of carbonyl (C=O) groups is 1. The average Bonchev–Trinajstić information content (AvgIpc) is 2.76. The van der Waals surface area contributed by atoms with Crippen molar-refractivity contribution >= 4 is 34.5 Å². The minimum absolute atomic E-state index is 0.241. The van der Waals surface area contributed by atoms with Gasteiger partial charge in [0.05, 0.1) is 10.7 Å². The number of piperidine rings is 1. The standard InChI is InChI=1S/C12H18BrN3OS/c13-11-7-14-16(9-11)8-10-1-4-15(5-2-10)12(17)3-6-18/h7,9-10,18H,1-6,8H2. The number of thiol groups is 1. The van der Waals surface area contributed by atoms with Gasteiger partial charge in [-0.05, 0) is 40.4 Å². The summed E-state index contributed by atoms with van der Waals surface area (Å²) in [6, 6.07) is 0. The molecule has 4 nitrogen and oxygen atoms in total. The van der Waals surface area contributed by atoms with Crippen molar-refractivity contribution in [2.75, 3.05) is 18.8 Å². The first-order valence-electron chi connectivity index (χ1n) is 6.25. The van der Waals surface area contributed by atoms with Crippen LogP contribution >= 0.6 is 28.6 Å². The first-order chi connectivity index (χ1) is 8.69. The first kappa shape index (κ1) is 13.9. The molecule has 0 N–H and O–H groups in total. The lowest BCUT2D eigenvalue weighted by Crippen LogP contribution is -2.39. The fourth-order valence-electron chi connectivity index (χ4n) is 2.32. The van der Waals surface area contributed by atoms with Gasteiger partial charge in [-0.1, -0.05) is 0 Å². The van der Waals surface area contributed by atoms with Gasteiger partial charge in [0.15, 0.2) is 0 Å². The zero-order valence-corrected chi connectivity index (χ0v) is 12.7. The summed E-state index contributed by atoms with van der Waals surface area (Å²) in [7, 11) is 0. The van der Waals surface area contributed by atoms with E-state index in [-0.39, 0.29) is 5.91 Å². The third-order valence-electron chi connectivity index (χ3n) is 3.34. The molecule has 0 atom stereocenters. The molecule has 1 amide bonds. The van der Waals surface area contributed by atoms with Gasteiger partial charge in [0.1, 0.15) is 0 Å². The van der Waals surface area contributed by atoms with E-state index in [1.165, 1.54) is 0 Å². The number of likely N-dealkylation sites (tertiary alicyclic amines) is 1. The lowest BCUT2D eigenvalue weighted by atomic mass is 9.96. The first-order valence-corrected chi connectivity index (χ1v) is 7.68. The van der Waals surface area contributed by atoms with Crippen molar-refractivity contribution in [2.45, 2.75) is 25.8 Å². The Morgan fingerprint density at radius 3 is 2.78 bits per heavy atom. The van der Waals surface area contributed by atoms with Gasteiger partial charge in [-0.25, -0.2) is 0 Å². The number of hydrogen-bond donors (Lipinski definition) is 1. The number of nitrogens with zero attached hydrogens (tertiary/aromatic N) is 3. The summed E-state index contributed by atoms with van der Waals surface area (Å²) in [6.07, 6.45) is 6.50. The second-order valence-corrected chi connectivity index (χ2v) is 6.04. The van der Waals surface area contributed by atoms with Crippen LogP contribution in [-0.4, -0.2) is 39.4 Å². The van der Waals surface area contributed by atoms with Crippen LogP contribution in [0.5, 0.6) is 0 Å². The summed E-state index contributed by atoms with van der Waals surface area (Å²) in [5, 5.41) is 4.27. The summed E-state index contributed by atoms with van der Waals surface area (Å²) in [5.74, 6) is 1.50. The number of halogens is 1.